The Labute approximate surface area is 211 Å². The standard InChI is InChI=1S/C22H34O15/c1-6-9(25)2-7-8(19(32)36-21-17(30)15(28)13(26)10(3-23)34-21)5-33-20(12(6)7)37-22-18(31)16(29)14(27)11(4-24)35-22/h5-7,9-18,20-31H,2-4H2,1H3/t6-,7-,9+,10-,11-,12-,13-,14-,15+,16+,17-,18-,20+,21+,22+/m1/s1. The molecule has 0 radical (unpaired) electrons. The average Bonchev–Trinajstić information content (AvgIpc) is 3.18. The molecule has 212 valence electrons. The molecule has 1 aliphatic carbocycles. The van der Waals surface area contributed by atoms with Gasteiger partial charge in [0.25, 0.3) is 0 Å². The Morgan fingerprint density at radius 1 is 0.838 bits per heavy atom. The number of hydrogen-bond acceptors (Lipinski definition) is 15. The Kier molecular flexibility index (Phi) is 8.74. The van der Waals surface area contributed by atoms with Gasteiger partial charge in [0.1, 0.15) is 48.8 Å². The minimum atomic E-state index is -1.81. The fourth-order valence-corrected chi connectivity index (χ4v) is 5.32. The molecule has 4 rings (SSSR count). The van der Waals surface area contributed by atoms with Crippen LogP contribution in [0.3, 0.4) is 0 Å². The van der Waals surface area contributed by atoms with Gasteiger partial charge in [-0.3, -0.25) is 0 Å². The SMILES string of the molecule is C[C@H]1[C@H]2[C@H](O[C@@H]3O[C@H](CO)[C@@H](O)[C@H](O)[C@H]3O)OC=C(C(=O)O[C@@H]3O[C@H](CO)[C@@H](O)[C@H](O)[C@H]3O)[C@H]2C[C@@H]1O. The van der Waals surface area contributed by atoms with E-state index in [1.54, 1.807) is 6.92 Å². The molecule has 0 aromatic rings. The molecule has 3 aliphatic heterocycles. The van der Waals surface area contributed by atoms with Crippen LogP contribution in [0.15, 0.2) is 11.8 Å². The van der Waals surface area contributed by atoms with Gasteiger partial charge >= 0.3 is 5.97 Å². The number of aliphatic hydroxyl groups excluding tert-OH is 9. The Bertz CT molecular complexity index is 835. The van der Waals surface area contributed by atoms with Crippen LogP contribution in [0.5, 0.6) is 0 Å². The Morgan fingerprint density at radius 2 is 1.38 bits per heavy atom. The van der Waals surface area contributed by atoms with E-state index in [9.17, 15) is 50.8 Å². The van der Waals surface area contributed by atoms with E-state index in [1.165, 1.54) is 0 Å². The summed E-state index contributed by atoms with van der Waals surface area (Å²) in [6.45, 7) is 0.315. The topological polar surface area (TPSA) is 245 Å². The molecule has 4 aliphatic rings. The summed E-state index contributed by atoms with van der Waals surface area (Å²) in [6, 6.07) is 0. The van der Waals surface area contributed by atoms with Crippen LogP contribution in [0, 0.1) is 17.8 Å². The summed E-state index contributed by atoms with van der Waals surface area (Å²) in [5.41, 5.74) is -0.0426. The minimum Gasteiger partial charge on any atom is -0.472 e. The Hall–Kier alpha value is -1.47. The molecule has 15 heteroatoms. The molecular weight excluding hydrogens is 504 g/mol. The number of fused-ring (bicyclic) bond motifs is 1. The first-order chi connectivity index (χ1) is 17.5. The third kappa shape index (κ3) is 5.24. The lowest BCUT2D eigenvalue weighted by Gasteiger charge is -2.43. The van der Waals surface area contributed by atoms with Crippen LogP contribution in [0.4, 0.5) is 0 Å². The van der Waals surface area contributed by atoms with Gasteiger partial charge in [0, 0.05) is 11.8 Å². The van der Waals surface area contributed by atoms with Crippen molar-refractivity contribution in [1.82, 2.24) is 0 Å². The van der Waals surface area contributed by atoms with Gasteiger partial charge in [-0.2, -0.15) is 0 Å². The molecule has 37 heavy (non-hydrogen) atoms. The summed E-state index contributed by atoms with van der Waals surface area (Å²) in [6.07, 6.45) is -16.8. The summed E-state index contributed by atoms with van der Waals surface area (Å²) in [5, 5.41) is 89.6. The number of hydrogen-bond donors (Lipinski definition) is 9. The maximum absolute atomic E-state index is 13.0. The fourth-order valence-electron chi connectivity index (χ4n) is 5.32. The Balaban J connectivity index is 1.50. The summed E-state index contributed by atoms with van der Waals surface area (Å²) >= 11 is 0. The average molecular weight is 538 g/mol. The molecule has 0 amide bonds. The molecule has 1 saturated carbocycles. The van der Waals surface area contributed by atoms with E-state index >= 15 is 0 Å². The zero-order valence-electron chi connectivity index (χ0n) is 19.8. The number of esters is 1. The molecular formula is C22H34O15. The first-order valence-electron chi connectivity index (χ1n) is 12.0. The van der Waals surface area contributed by atoms with Crippen molar-refractivity contribution in [3.05, 3.63) is 11.8 Å². The molecule has 3 fully saturated rings. The van der Waals surface area contributed by atoms with Crippen molar-refractivity contribution in [2.45, 2.75) is 87.2 Å². The minimum absolute atomic E-state index is 0.0426. The van der Waals surface area contributed by atoms with Crippen LogP contribution in [0.1, 0.15) is 13.3 Å². The number of rotatable bonds is 6. The fraction of sp³-hybridized carbons (Fsp3) is 0.864. The second-order valence-corrected chi connectivity index (χ2v) is 9.86. The van der Waals surface area contributed by atoms with Crippen molar-refractivity contribution < 1.29 is 74.4 Å². The van der Waals surface area contributed by atoms with Crippen molar-refractivity contribution in [2.24, 2.45) is 17.8 Å². The number of aliphatic hydroxyl groups is 9. The number of carbonyl (C=O) groups excluding carboxylic acids is 1. The first-order valence-corrected chi connectivity index (χ1v) is 12.0. The van der Waals surface area contributed by atoms with Crippen molar-refractivity contribution in [2.75, 3.05) is 13.2 Å². The zero-order chi connectivity index (χ0) is 27.2. The summed E-state index contributed by atoms with van der Waals surface area (Å²) in [5.74, 6) is -2.86. The molecule has 0 aromatic carbocycles. The van der Waals surface area contributed by atoms with E-state index in [2.05, 4.69) is 0 Å². The smallest absolute Gasteiger partial charge is 0.339 e. The van der Waals surface area contributed by atoms with Gasteiger partial charge in [-0.25, -0.2) is 4.79 Å². The van der Waals surface area contributed by atoms with E-state index in [4.69, 9.17) is 23.7 Å². The number of ether oxygens (including phenoxy) is 5. The van der Waals surface area contributed by atoms with Gasteiger partial charge in [0.05, 0.1) is 31.2 Å². The predicted octanol–water partition coefficient (Wildman–Crippen LogP) is -4.98. The van der Waals surface area contributed by atoms with Gasteiger partial charge in [-0.05, 0) is 12.3 Å². The third-order valence-electron chi connectivity index (χ3n) is 7.64. The monoisotopic (exact) mass is 538 g/mol. The molecule has 15 nitrogen and oxygen atoms in total. The molecule has 0 bridgehead atoms. The highest BCUT2D eigenvalue weighted by Gasteiger charge is 2.54. The van der Waals surface area contributed by atoms with Gasteiger partial charge < -0.3 is 69.6 Å². The normalized spacial score (nSPS) is 50.1. The third-order valence-corrected chi connectivity index (χ3v) is 7.64. The lowest BCUT2D eigenvalue weighted by Crippen LogP contribution is -2.60. The second kappa shape index (κ2) is 11.3. The summed E-state index contributed by atoms with van der Waals surface area (Å²) in [4.78, 5) is 13.0. The molecule has 2 saturated heterocycles. The summed E-state index contributed by atoms with van der Waals surface area (Å²) < 4.78 is 27.1. The van der Waals surface area contributed by atoms with Gasteiger partial charge in [-0.1, -0.05) is 6.92 Å². The maximum Gasteiger partial charge on any atom is 0.339 e. The van der Waals surface area contributed by atoms with E-state index in [1.807, 2.05) is 0 Å². The van der Waals surface area contributed by atoms with E-state index in [0.717, 1.165) is 6.26 Å². The largest absolute Gasteiger partial charge is 0.472 e. The van der Waals surface area contributed by atoms with E-state index in [-0.39, 0.29) is 12.0 Å². The van der Waals surface area contributed by atoms with Crippen LogP contribution >= 0.6 is 0 Å². The highest BCUT2D eigenvalue weighted by Crippen LogP contribution is 2.48. The van der Waals surface area contributed by atoms with Gasteiger partial charge in [0.15, 0.2) is 6.29 Å². The quantitative estimate of drug-likeness (QED) is 0.144. The van der Waals surface area contributed by atoms with E-state index < -0.39 is 111 Å². The molecule has 9 N–H and O–H groups in total. The molecule has 0 unspecified atom stereocenters. The zero-order valence-corrected chi connectivity index (χ0v) is 19.8. The molecule has 15 atom stereocenters. The molecule has 0 spiro atoms. The van der Waals surface area contributed by atoms with Crippen LogP contribution < -0.4 is 0 Å². The lowest BCUT2D eigenvalue weighted by atomic mass is 9.83. The van der Waals surface area contributed by atoms with Gasteiger partial charge in [0.2, 0.25) is 12.6 Å². The molecule has 0 aromatic heterocycles. The van der Waals surface area contributed by atoms with Crippen molar-refractivity contribution in [3.63, 3.8) is 0 Å². The highest BCUT2D eigenvalue weighted by atomic mass is 16.8. The van der Waals surface area contributed by atoms with Gasteiger partial charge in [-0.15, -0.1) is 0 Å². The van der Waals surface area contributed by atoms with Crippen molar-refractivity contribution in [1.29, 1.82) is 0 Å². The number of carbonyl (C=O) groups is 1. The van der Waals surface area contributed by atoms with Crippen molar-refractivity contribution >= 4 is 5.97 Å². The second-order valence-electron chi connectivity index (χ2n) is 9.86. The highest BCUT2D eigenvalue weighted by molar-refractivity contribution is 5.89. The van der Waals surface area contributed by atoms with Crippen molar-refractivity contribution in [3.8, 4) is 0 Å². The van der Waals surface area contributed by atoms with Crippen LogP contribution in [-0.4, -0.2) is 139 Å². The Morgan fingerprint density at radius 3 is 1.95 bits per heavy atom. The van der Waals surface area contributed by atoms with E-state index in [0.29, 0.717) is 0 Å². The van der Waals surface area contributed by atoms with Crippen LogP contribution in [0.25, 0.3) is 0 Å². The predicted molar refractivity (Wildman–Crippen MR) is 114 cm³/mol. The first kappa shape index (κ1) is 28.5. The molecule has 3 heterocycles. The van der Waals surface area contributed by atoms with Crippen LogP contribution in [0.2, 0.25) is 0 Å². The lowest BCUT2D eigenvalue weighted by molar-refractivity contribution is -0.342. The maximum atomic E-state index is 13.0. The summed E-state index contributed by atoms with van der Waals surface area (Å²) in [7, 11) is 0. The van der Waals surface area contributed by atoms with Crippen LogP contribution in [-0.2, 0) is 28.5 Å².